The molecule has 0 spiro atoms. The zero-order valence-corrected chi connectivity index (χ0v) is 12.9. The van der Waals surface area contributed by atoms with Gasteiger partial charge in [-0.1, -0.05) is 15.9 Å². The smallest absolute Gasteiger partial charge is 0.0739 e. The minimum absolute atomic E-state index is 0.813. The molecule has 1 aromatic rings. The van der Waals surface area contributed by atoms with Crippen LogP contribution in [0.4, 0.5) is 0 Å². The van der Waals surface area contributed by atoms with Gasteiger partial charge in [0.1, 0.15) is 0 Å². The molecular formula is C11H17Br2N3. The highest BCUT2D eigenvalue weighted by molar-refractivity contribution is 9.10. The third-order valence-corrected chi connectivity index (χ3v) is 5.17. The van der Waals surface area contributed by atoms with E-state index in [9.17, 15) is 0 Å². The summed E-state index contributed by atoms with van der Waals surface area (Å²) >= 11 is 7.19. The summed E-state index contributed by atoms with van der Waals surface area (Å²) in [7, 11) is 2.02. The van der Waals surface area contributed by atoms with E-state index in [4.69, 9.17) is 0 Å². The Morgan fingerprint density at radius 1 is 1.50 bits per heavy atom. The molecule has 1 atom stereocenters. The molecule has 0 amide bonds. The molecule has 90 valence electrons. The lowest BCUT2D eigenvalue weighted by atomic mass is 10.2. The lowest BCUT2D eigenvalue weighted by molar-refractivity contribution is 0.311. The van der Waals surface area contributed by atoms with Crippen molar-refractivity contribution in [1.29, 1.82) is 0 Å². The quantitative estimate of drug-likeness (QED) is 0.781. The standard InChI is InChI=1S/C11H17Br2N3/c1-8-11(13)10(15(2)14-8)7-16-4-3-9(5-12)6-16/h9H,3-7H2,1-2H3. The summed E-state index contributed by atoms with van der Waals surface area (Å²) in [5.41, 5.74) is 2.36. The Morgan fingerprint density at radius 3 is 2.75 bits per heavy atom. The summed E-state index contributed by atoms with van der Waals surface area (Å²) in [6, 6.07) is 0. The van der Waals surface area contributed by atoms with Gasteiger partial charge in [-0.3, -0.25) is 9.58 Å². The molecule has 0 radical (unpaired) electrons. The van der Waals surface area contributed by atoms with Crippen molar-refractivity contribution >= 4 is 31.9 Å². The van der Waals surface area contributed by atoms with Crippen LogP contribution in [0.5, 0.6) is 0 Å². The van der Waals surface area contributed by atoms with Gasteiger partial charge in [0.05, 0.1) is 15.9 Å². The number of rotatable bonds is 3. The van der Waals surface area contributed by atoms with Crippen LogP contribution in [-0.2, 0) is 13.6 Å². The van der Waals surface area contributed by atoms with Crippen molar-refractivity contribution in [2.75, 3.05) is 18.4 Å². The van der Waals surface area contributed by atoms with E-state index in [-0.39, 0.29) is 0 Å². The van der Waals surface area contributed by atoms with E-state index in [2.05, 4.69) is 41.9 Å². The summed E-state index contributed by atoms with van der Waals surface area (Å²) in [6.07, 6.45) is 1.31. The second-order valence-corrected chi connectivity index (χ2v) is 5.95. The average molecular weight is 351 g/mol. The third-order valence-electron chi connectivity index (χ3n) is 3.22. The van der Waals surface area contributed by atoms with Gasteiger partial charge in [-0.15, -0.1) is 0 Å². The normalized spacial score (nSPS) is 21.9. The van der Waals surface area contributed by atoms with E-state index in [1.54, 1.807) is 0 Å². The zero-order chi connectivity index (χ0) is 11.7. The molecule has 0 aliphatic carbocycles. The first kappa shape index (κ1) is 12.6. The number of halogens is 2. The van der Waals surface area contributed by atoms with Crippen LogP contribution < -0.4 is 0 Å². The number of hydrogen-bond acceptors (Lipinski definition) is 2. The molecule has 2 heterocycles. The first-order valence-corrected chi connectivity index (χ1v) is 7.49. The summed E-state index contributed by atoms with van der Waals surface area (Å²) in [4.78, 5) is 2.51. The highest BCUT2D eigenvalue weighted by Crippen LogP contribution is 2.25. The van der Waals surface area contributed by atoms with Crippen LogP contribution in [0.2, 0.25) is 0 Å². The maximum absolute atomic E-state index is 4.43. The maximum Gasteiger partial charge on any atom is 0.0739 e. The molecule has 1 fully saturated rings. The van der Waals surface area contributed by atoms with Gasteiger partial charge in [0.15, 0.2) is 0 Å². The number of aryl methyl sites for hydroxylation is 2. The van der Waals surface area contributed by atoms with Crippen LogP contribution in [-0.4, -0.2) is 33.1 Å². The average Bonchev–Trinajstić information content (AvgIpc) is 2.80. The monoisotopic (exact) mass is 349 g/mol. The van der Waals surface area contributed by atoms with E-state index >= 15 is 0 Å². The molecule has 1 aromatic heterocycles. The van der Waals surface area contributed by atoms with Crippen molar-refractivity contribution in [2.45, 2.75) is 19.9 Å². The van der Waals surface area contributed by atoms with Crippen LogP contribution in [0.25, 0.3) is 0 Å². The van der Waals surface area contributed by atoms with Crippen molar-refractivity contribution < 1.29 is 0 Å². The molecule has 3 nitrogen and oxygen atoms in total. The Labute approximate surface area is 113 Å². The fourth-order valence-electron chi connectivity index (χ4n) is 2.25. The van der Waals surface area contributed by atoms with Crippen molar-refractivity contribution in [3.05, 3.63) is 15.9 Å². The molecule has 1 unspecified atom stereocenters. The van der Waals surface area contributed by atoms with Gasteiger partial charge in [-0.05, 0) is 41.7 Å². The molecule has 5 heteroatoms. The van der Waals surface area contributed by atoms with Crippen molar-refractivity contribution in [3.8, 4) is 0 Å². The number of nitrogens with zero attached hydrogens (tertiary/aromatic N) is 3. The Bertz CT molecular complexity index is 376. The SMILES string of the molecule is Cc1nn(C)c(CN2CCC(CBr)C2)c1Br. The molecule has 1 aliphatic rings. The first-order chi connectivity index (χ1) is 7.61. The van der Waals surface area contributed by atoms with Crippen LogP contribution in [0.3, 0.4) is 0 Å². The molecule has 0 aromatic carbocycles. The van der Waals surface area contributed by atoms with E-state index in [0.717, 1.165) is 28.0 Å². The molecule has 16 heavy (non-hydrogen) atoms. The summed E-state index contributed by atoms with van der Waals surface area (Å²) in [6.45, 7) is 5.44. The number of likely N-dealkylation sites (tertiary alicyclic amines) is 1. The number of aromatic nitrogens is 2. The van der Waals surface area contributed by atoms with Gasteiger partial charge >= 0.3 is 0 Å². The molecule has 0 bridgehead atoms. The summed E-state index contributed by atoms with van der Waals surface area (Å²) < 4.78 is 3.15. The van der Waals surface area contributed by atoms with Crippen molar-refractivity contribution in [3.63, 3.8) is 0 Å². The predicted molar refractivity (Wildman–Crippen MR) is 72.8 cm³/mol. The topological polar surface area (TPSA) is 21.1 Å². The Kier molecular flexibility index (Phi) is 4.08. The maximum atomic E-state index is 4.43. The minimum Gasteiger partial charge on any atom is -0.297 e. The van der Waals surface area contributed by atoms with Gasteiger partial charge in [0.2, 0.25) is 0 Å². The first-order valence-electron chi connectivity index (χ1n) is 5.58. The van der Waals surface area contributed by atoms with Crippen molar-refractivity contribution in [1.82, 2.24) is 14.7 Å². The molecule has 0 N–H and O–H groups in total. The Balaban J connectivity index is 2.04. The molecule has 0 saturated carbocycles. The summed E-state index contributed by atoms with van der Waals surface area (Å²) in [5.74, 6) is 0.813. The summed E-state index contributed by atoms with van der Waals surface area (Å²) in [5, 5.41) is 5.55. The Hall–Kier alpha value is 0.130. The second kappa shape index (κ2) is 5.19. The fraction of sp³-hybridized carbons (Fsp3) is 0.727. The minimum atomic E-state index is 0.813. The van der Waals surface area contributed by atoms with Gasteiger partial charge in [0, 0.05) is 25.5 Å². The van der Waals surface area contributed by atoms with Crippen LogP contribution >= 0.6 is 31.9 Å². The van der Waals surface area contributed by atoms with E-state index in [1.807, 2.05) is 18.7 Å². The third kappa shape index (κ3) is 2.51. The molecular weight excluding hydrogens is 334 g/mol. The van der Waals surface area contributed by atoms with Gasteiger partial charge < -0.3 is 0 Å². The molecule has 1 aliphatic heterocycles. The van der Waals surface area contributed by atoms with Crippen LogP contribution in [0, 0.1) is 12.8 Å². The number of hydrogen-bond donors (Lipinski definition) is 0. The van der Waals surface area contributed by atoms with E-state index in [1.165, 1.54) is 25.2 Å². The molecule has 1 saturated heterocycles. The molecule has 2 rings (SSSR count). The second-order valence-electron chi connectivity index (χ2n) is 4.51. The lowest BCUT2D eigenvalue weighted by Crippen LogP contribution is -2.22. The van der Waals surface area contributed by atoms with Gasteiger partial charge in [-0.2, -0.15) is 5.10 Å². The fourth-order valence-corrected chi connectivity index (χ4v) is 3.24. The number of alkyl halides is 1. The van der Waals surface area contributed by atoms with E-state index < -0.39 is 0 Å². The predicted octanol–water partition coefficient (Wildman–Crippen LogP) is 2.71. The lowest BCUT2D eigenvalue weighted by Gasteiger charge is -2.15. The highest BCUT2D eigenvalue weighted by atomic mass is 79.9. The van der Waals surface area contributed by atoms with Crippen LogP contribution in [0.1, 0.15) is 17.8 Å². The largest absolute Gasteiger partial charge is 0.297 e. The zero-order valence-electron chi connectivity index (χ0n) is 9.71. The Morgan fingerprint density at radius 2 is 2.25 bits per heavy atom. The van der Waals surface area contributed by atoms with E-state index in [0.29, 0.717) is 0 Å². The highest BCUT2D eigenvalue weighted by Gasteiger charge is 2.23. The van der Waals surface area contributed by atoms with Gasteiger partial charge in [-0.25, -0.2) is 0 Å². The van der Waals surface area contributed by atoms with Crippen LogP contribution in [0.15, 0.2) is 4.47 Å². The van der Waals surface area contributed by atoms with Gasteiger partial charge in [0.25, 0.3) is 0 Å². The van der Waals surface area contributed by atoms with Crippen molar-refractivity contribution in [2.24, 2.45) is 13.0 Å².